The molecule has 0 radical (unpaired) electrons. The van der Waals surface area contributed by atoms with Gasteiger partial charge in [0.2, 0.25) is 12.0 Å². The Kier molecular flexibility index (Phi) is 9.69. The number of benzene rings is 3. The van der Waals surface area contributed by atoms with Crippen LogP contribution in [0.5, 0.6) is 5.75 Å². The summed E-state index contributed by atoms with van der Waals surface area (Å²) in [6.07, 6.45) is -4.33. The number of carboxylic acid groups (broad SMARTS) is 1. The molecule has 41 heavy (non-hydrogen) atoms. The molecule has 3 aromatic rings. The molecule has 0 spiro atoms. The molecule has 0 bridgehead atoms. The molecule has 5 atom stereocenters. The number of phenolic OH excluding ortho intramolecular Hbond substituents is 1. The van der Waals surface area contributed by atoms with E-state index >= 15 is 0 Å². The van der Waals surface area contributed by atoms with Crippen LogP contribution in [-0.2, 0) is 20.8 Å². The van der Waals surface area contributed by atoms with Crippen molar-refractivity contribution in [3.63, 3.8) is 0 Å². The van der Waals surface area contributed by atoms with E-state index in [1.807, 2.05) is 6.07 Å². The number of hydrogen-bond acceptors (Lipinski definition) is 9. The van der Waals surface area contributed by atoms with Gasteiger partial charge < -0.3 is 35.2 Å². The molecule has 1 aliphatic heterocycles. The first-order valence-electron chi connectivity index (χ1n) is 12.6. The second-order valence-corrected chi connectivity index (χ2v) is 9.26. The Balaban J connectivity index is 1.53. The zero-order valence-corrected chi connectivity index (χ0v) is 21.6. The van der Waals surface area contributed by atoms with E-state index in [1.54, 1.807) is 48.5 Å². The topological polar surface area (TPSA) is 194 Å². The first-order chi connectivity index (χ1) is 19.8. The van der Waals surface area contributed by atoms with Crippen molar-refractivity contribution in [3.8, 4) is 5.75 Å². The first kappa shape index (κ1) is 29.3. The Morgan fingerprint density at radius 1 is 0.976 bits per heavy atom. The summed E-state index contributed by atoms with van der Waals surface area (Å²) in [5.74, 6) is -2.09. The lowest BCUT2D eigenvalue weighted by molar-refractivity contribution is -0.251. The number of phenols is 1. The highest BCUT2D eigenvalue weighted by atomic mass is 16.7. The number of hydrogen-bond donors (Lipinski definition) is 5. The second-order valence-electron chi connectivity index (χ2n) is 9.26. The van der Waals surface area contributed by atoms with Gasteiger partial charge in [-0.15, -0.1) is 0 Å². The van der Waals surface area contributed by atoms with Gasteiger partial charge >= 0.3 is 5.97 Å². The number of azide groups is 1. The normalized spacial score (nSPS) is 22.4. The van der Waals surface area contributed by atoms with Gasteiger partial charge in [-0.2, -0.15) is 0 Å². The third kappa shape index (κ3) is 7.48. The van der Waals surface area contributed by atoms with Crippen molar-refractivity contribution in [2.24, 2.45) is 5.11 Å². The summed E-state index contributed by atoms with van der Waals surface area (Å²) < 4.78 is 11.4. The molecule has 1 heterocycles. The van der Waals surface area contributed by atoms with E-state index in [4.69, 9.17) is 15.0 Å². The number of nitrogens with zero attached hydrogens (tertiary/aromatic N) is 3. The molecule has 5 N–H and O–H groups in total. The van der Waals surface area contributed by atoms with Gasteiger partial charge in [0.15, 0.2) is 5.78 Å². The Hall–Kier alpha value is -4.71. The molecule has 0 unspecified atom stereocenters. The van der Waals surface area contributed by atoms with Crippen LogP contribution in [0.2, 0.25) is 0 Å². The highest BCUT2D eigenvalue weighted by Gasteiger charge is 2.46. The average Bonchev–Trinajstić information content (AvgIpc) is 2.99. The van der Waals surface area contributed by atoms with Crippen LogP contribution in [0.3, 0.4) is 0 Å². The maximum absolute atomic E-state index is 12.7. The predicted molar refractivity (Wildman–Crippen MR) is 146 cm³/mol. The number of ketones is 1. The molecule has 1 aliphatic rings. The van der Waals surface area contributed by atoms with Gasteiger partial charge in [0.25, 0.3) is 0 Å². The molecule has 0 saturated carbocycles. The number of carbonyl (C=O) groups is 2. The molecule has 212 valence electrons. The highest BCUT2D eigenvalue weighted by Crippen LogP contribution is 2.26. The van der Waals surface area contributed by atoms with Crippen LogP contribution in [-0.4, -0.2) is 69.4 Å². The third-order valence-corrected chi connectivity index (χ3v) is 6.46. The van der Waals surface area contributed by atoms with E-state index in [-0.39, 0.29) is 24.6 Å². The first-order valence-corrected chi connectivity index (χ1v) is 12.6. The van der Waals surface area contributed by atoms with E-state index in [2.05, 4.69) is 15.3 Å². The van der Waals surface area contributed by atoms with E-state index < -0.39 is 42.4 Å². The molecule has 3 aromatic carbocycles. The lowest BCUT2D eigenvalue weighted by atomic mass is 9.96. The number of aliphatic carboxylic acids is 1. The zero-order chi connectivity index (χ0) is 29.4. The van der Waals surface area contributed by atoms with Crippen LogP contribution < -0.4 is 5.32 Å². The molecule has 0 aliphatic carbocycles. The third-order valence-electron chi connectivity index (χ3n) is 6.46. The summed E-state index contributed by atoms with van der Waals surface area (Å²) in [5, 5.41) is 47.2. The summed E-state index contributed by atoms with van der Waals surface area (Å²) in [4.78, 5) is 27.3. The number of rotatable bonds is 11. The second kappa shape index (κ2) is 13.6. The summed E-state index contributed by atoms with van der Waals surface area (Å²) in [7, 11) is 0. The standard InChI is InChI=1S/C29H28N4O8/c30-33-32-16-23-26(36)27(37)24(29(41-23)40-22(28(38)39)14-17-8-12-21(34)13-9-17)31-15-18-6-10-20(11-7-18)25(35)19-4-2-1-3-5-19/h1-14,23-24,26-27,29,31,34,36-37H,15-16H2,(H,38,39)/b22-14-/t23-,24-,26+,27-,29-/m1/s1. The van der Waals surface area contributed by atoms with Gasteiger partial charge in [0, 0.05) is 22.6 Å². The van der Waals surface area contributed by atoms with E-state index in [1.165, 1.54) is 30.3 Å². The molecule has 0 aromatic heterocycles. The molecule has 1 saturated heterocycles. The predicted octanol–water partition coefficient (Wildman–Crippen LogP) is 2.98. The van der Waals surface area contributed by atoms with Crippen LogP contribution in [0.15, 0.2) is 89.7 Å². The minimum atomic E-state index is -1.49. The summed E-state index contributed by atoms with van der Waals surface area (Å²) in [5.41, 5.74) is 10.9. The van der Waals surface area contributed by atoms with Crippen LogP contribution in [0.1, 0.15) is 27.0 Å². The fraction of sp³-hybridized carbons (Fsp3) is 0.241. The Bertz CT molecular complexity index is 1420. The minimum Gasteiger partial charge on any atom is -0.508 e. The molecule has 4 rings (SSSR count). The monoisotopic (exact) mass is 560 g/mol. The van der Waals surface area contributed by atoms with Gasteiger partial charge in [0.1, 0.15) is 18.0 Å². The fourth-order valence-electron chi connectivity index (χ4n) is 4.28. The minimum absolute atomic E-state index is 0.00437. The number of aliphatic hydroxyl groups is 2. The maximum atomic E-state index is 12.7. The van der Waals surface area contributed by atoms with Crippen molar-refractivity contribution in [2.45, 2.75) is 37.2 Å². The number of carbonyl (C=O) groups excluding carboxylic acids is 1. The summed E-state index contributed by atoms with van der Waals surface area (Å²) in [6, 6.07) is 20.2. The van der Waals surface area contributed by atoms with Crippen molar-refractivity contribution >= 4 is 17.8 Å². The van der Waals surface area contributed by atoms with Gasteiger partial charge in [0.05, 0.1) is 18.7 Å². The largest absolute Gasteiger partial charge is 0.508 e. The van der Waals surface area contributed by atoms with Crippen LogP contribution >= 0.6 is 0 Å². The van der Waals surface area contributed by atoms with Crippen molar-refractivity contribution in [1.82, 2.24) is 5.32 Å². The number of carboxylic acids is 1. The van der Waals surface area contributed by atoms with E-state index in [0.29, 0.717) is 16.7 Å². The number of ether oxygens (including phenoxy) is 2. The average molecular weight is 561 g/mol. The molecular formula is C29H28N4O8. The van der Waals surface area contributed by atoms with Gasteiger partial charge in [-0.1, -0.05) is 71.8 Å². The summed E-state index contributed by atoms with van der Waals surface area (Å²) in [6.45, 7) is -0.190. The lowest BCUT2D eigenvalue weighted by Crippen LogP contribution is -2.63. The van der Waals surface area contributed by atoms with Gasteiger partial charge in [-0.05, 0) is 34.9 Å². The zero-order valence-electron chi connectivity index (χ0n) is 21.6. The molecule has 12 nitrogen and oxygen atoms in total. The van der Waals surface area contributed by atoms with Crippen LogP contribution in [0.25, 0.3) is 16.5 Å². The number of aliphatic hydroxyl groups excluding tert-OH is 2. The Morgan fingerprint density at radius 2 is 1.63 bits per heavy atom. The van der Waals surface area contributed by atoms with Crippen molar-refractivity contribution in [2.75, 3.05) is 6.54 Å². The quantitative estimate of drug-likeness (QED) is 0.0585. The van der Waals surface area contributed by atoms with Crippen molar-refractivity contribution < 1.29 is 39.5 Å². The van der Waals surface area contributed by atoms with Gasteiger partial charge in [-0.3, -0.25) is 4.79 Å². The molecule has 0 amide bonds. The molecular weight excluding hydrogens is 532 g/mol. The lowest BCUT2D eigenvalue weighted by Gasteiger charge is -2.42. The van der Waals surface area contributed by atoms with Crippen molar-refractivity contribution in [3.05, 3.63) is 117 Å². The summed E-state index contributed by atoms with van der Waals surface area (Å²) >= 11 is 0. The highest BCUT2D eigenvalue weighted by molar-refractivity contribution is 6.08. The van der Waals surface area contributed by atoms with Crippen molar-refractivity contribution in [1.29, 1.82) is 0 Å². The Labute approximate surface area is 234 Å². The molecule has 12 heteroatoms. The van der Waals surface area contributed by atoms with Crippen LogP contribution in [0.4, 0.5) is 0 Å². The van der Waals surface area contributed by atoms with E-state index in [0.717, 1.165) is 5.56 Å². The SMILES string of the molecule is [N-]=[N+]=NC[C@H]1O[C@@H](O/C(=C\c2ccc(O)cc2)C(=O)O)[C@H](NCc2ccc(C(=O)c3ccccc3)cc2)[C@@H](O)[C@H]1O. The fourth-order valence-corrected chi connectivity index (χ4v) is 4.28. The van der Waals surface area contributed by atoms with Crippen LogP contribution in [0, 0.1) is 0 Å². The Morgan fingerprint density at radius 3 is 2.27 bits per heavy atom. The van der Waals surface area contributed by atoms with E-state index in [9.17, 15) is 30.0 Å². The maximum Gasteiger partial charge on any atom is 0.371 e. The number of nitrogens with one attached hydrogen (secondary N) is 1. The van der Waals surface area contributed by atoms with Gasteiger partial charge in [-0.25, -0.2) is 4.79 Å². The molecule has 1 fully saturated rings. The number of aromatic hydroxyl groups is 1. The smallest absolute Gasteiger partial charge is 0.371 e.